The third kappa shape index (κ3) is 6.05. The molecule has 5 heterocycles. The van der Waals surface area contributed by atoms with Crippen LogP contribution in [-0.2, 0) is 31.9 Å². The summed E-state index contributed by atoms with van der Waals surface area (Å²) in [4.78, 5) is 18.3. The van der Waals surface area contributed by atoms with Gasteiger partial charge in [-0.1, -0.05) is 65.3 Å². The molecule has 0 fully saturated rings. The van der Waals surface area contributed by atoms with Gasteiger partial charge in [0.15, 0.2) is 0 Å². The molecule has 50 heavy (non-hydrogen) atoms. The normalized spacial score (nSPS) is 13.1. The summed E-state index contributed by atoms with van der Waals surface area (Å²) in [6.07, 6.45) is 5.55. The van der Waals surface area contributed by atoms with Gasteiger partial charge in [-0.05, 0) is 69.8 Å². The Hall–Kier alpha value is -5.00. The van der Waals surface area contributed by atoms with Crippen molar-refractivity contribution in [2.45, 2.75) is 52.4 Å². The molecule has 0 bridgehead atoms. The standard InChI is InChI=1S/C42H37N6O.Pt/c1-41(2,3)28-18-21-43-38(23-28)47-27-46(36-15-10-20-45-40(36)47)30-11-9-12-31(25-30)49-32-16-17-34-33-13-7-8-14-35(33)48(37(34)26-32)39-24-29(19-22-44-39)42(4,5)6;/h7-24,27H,1-6H3;/q-3;. The van der Waals surface area contributed by atoms with Gasteiger partial charge in [0.2, 0.25) is 0 Å². The fourth-order valence-electron chi connectivity index (χ4n) is 6.30. The molecule has 1 aliphatic heterocycles. The van der Waals surface area contributed by atoms with Crippen molar-refractivity contribution in [3.8, 4) is 17.3 Å². The van der Waals surface area contributed by atoms with E-state index in [9.17, 15) is 0 Å². The van der Waals surface area contributed by atoms with Crippen molar-refractivity contribution in [2.24, 2.45) is 0 Å². The average Bonchev–Trinajstić information content (AvgIpc) is 3.64. The van der Waals surface area contributed by atoms with Crippen LogP contribution in [0.5, 0.6) is 11.5 Å². The number of nitrogens with zero attached hydrogens (tertiary/aromatic N) is 6. The molecular formula is C42H37N6OPt-3. The van der Waals surface area contributed by atoms with E-state index in [0.29, 0.717) is 11.5 Å². The van der Waals surface area contributed by atoms with E-state index in [1.807, 2.05) is 54.3 Å². The summed E-state index contributed by atoms with van der Waals surface area (Å²) in [6.45, 7) is 15.3. The first-order chi connectivity index (χ1) is 23.5. The van der Waals surface area contributed by atoms with Crippen molar-refractivity contribution < 1.29 is 25.8 Å². The zero-order chi connectivity index (χ0) is 33.9. The predicted octanol–water partition coefficient (Wildman–Crippen LogP) is 10.4. The number of aromatic nitrogens is 4. The number of anilines is 4. The molecule has 7 aromatic rings. The molecule has 0 spiro atoms. The molecular weight excluding hydrogens is 800 g/mol. The zero-order valence-corrected chi connectivity index (χ0v) is 31.1. The summed E-state index contributed by atoms with van der Waals surface area (Å²) in [7, 11) is 0. The molecule has 0 aliphatic carbocycles. The summed E-state index contributed by atoms with van der Waals surface area (Å²) in [5, 5.41) is 2.23. The van der Waals surface area contributed by atoms with Crippen molar-refractivity contribution >= 4 is 44.8 Å². The third-order valence-electron chi connectivity index (χ3n) is 8.97. The Morgan fingerprint density at radius 3 is 2.08 bits per heavy atom. The van der Waals surface area contributed by atoms with E-state index in [4.69, 9.17) is 19.7 Å². The average molecular weight is 837 g/mol. The topological polar surface area (TPSA) is 59.3 Å². The maximum atomic E-state index is 6.48. The van der Waals surface area contributed by atoms with Crippen molar-refractivity contribution in [1.82, 2.24) is 19.5 Å². The molecule has 8 rings (SSSR count). The molecule has 0 radical (unpaired) electrons. The van der Waals surface area contributed by atoms with Crippen LogP contribution in [0.3, 0.4) is 0 Å². The number of fused-ring (bicyclic) bond motifs is 4. The van der Waals surface area contributed by atoms with Crippen molar-refractivity contribution in [3.05, 3.63) is 140 Å². The predicted molar refractivity (Wildman–Crippen MR) is 197 cm³/mol. The maximum Gasteiger partial charge on any atom is 0.135 e. The van der Waals surface area contributed by atoms with Crippen LogP contribution in [0.25, 0.3) is 27.6 Å². The molecule has 0 saturated heterocycles. The minimum atomic E-state index is -0.0113. The van der Waals surface area contributed by atoms with Gasteiger partial charge in [0.25, 0.3) is 0 Å². The second-order valence-corrected chi connectivity index (χ2v) is 14.4. The smallest absolute Gasteiger partial charge is 0.135 e. The third-order valence-corrected chi connectivity index (χ3v) is 8.97. The number of pyridine rings is 3. The van der Waals surface area contributed by atoms with Crippen LogP contribution < -0.4 is 14.5 Å². The first-order valence-corrected chi connectivity index (χ1v) is 16.5. The molecule has 0 saturated carbocycles. The summed E-state index contributed by atoms with van der Waals surface area (Å²) < 4.78 is 8.65. The minimum Gasteiger partial charge on any atom is -0.509 e. The Morgan fingerprint density at radius 1 is 0.620 bits per heavy atom. The fourth-order valence-corrected chi connectivity index (χ4v) is 6.30. The Morgan fingerprint density at radius 2 is 1.32 bits per heavy atom. The van der Waals surface area contributed by atoms with E-state index >= 15 is 0 Å². The number of benzene rings is 3. The van der Waals surface area contributed by atoms with Gasteiger partial charge in [-0.15, -0.1) is 48.1 Å². The summed E-state index contributed by atoms with van der Waals surface area (Å²) in [5.41, 5.74) is 6.13. The second kappa shape index (κ2) is 12.7. The van der Waals surface area contributed by atoms with E-state index in [0.717, 1.165) is 50.6 Å². The van der Waals surface area contributed by atoms with Crippen LogP contribution in [0.1, 0.15) is 52.7 Å². The molecule has 7 nitrogen and oxygen atoms in total. The summed E-state index contributed by atoms with van der Waals surface area (Å²) in [6, 6.07) is 37.9. The van der Waals surface area contributed by atoms with Crippen LogP contribution in [0.15, 0.2) is 110 Å². The van der Waals surface area contributed by atoms with Crippen LogP contribution in [0.2, 0.25) is 0 Å². The van der Waals surface area contributed by atoms with Gasteiger partial charge in [-0.3, -0.25) is 0 Å². The molecule has 0 N–H and O–H groups in total. The van der Waals surface area contributed by atoms with E-state index in [-0.39, 0.29) is 31.9 Å². The Balaban J connectivity index is 0.00000392. The number of hydrogen-bond donors (Lipinski definition) is 0. The van der Waals surface area contributed by atoms with E-state index in [1.165, 1.54) is 11.1 Å². The second-order valence-electron chi connectivity index (χ2n) is 14.4. The number of para-hydroxylation sites is 1. The first kappa shape index (κ1) is 33.5. The Labute approximate surface area is 307 Å². The summed E-state index contributed by atoms with van der Waals surface area (Å²) in [5.74, 6) is 3.63. The van der Waals surface area contributed by atoms with Gasteiger partial charge in [0.1, 0.15) is 17.5 Å². The van der Waals surface area contributed by atoms with Crippen molar-refractivity contribution in [3.63, 3.8) is 0 Å². The van der Waals surface area contributed by atoms with Gasteiger partial charge in [0, 0.05) is 56.7 Å². The van der Waals surface area contributed by atoms with Crippen LogP contribution in [0, 0.1) is 18.8 Å². The van der Waals surface area contributed by atoms with Gasteiger partial charge in [0.05, 0.1) is 5.69 Å². The zero-order valence-electron chi connectivity index (χ0n) is 28.9. The van der Waals surface area contributed by atoms with Crippen LogP contribution >= 0.6 is 0 Å². The van der Waals surface area contributed by atoms with Crippen LogP contribution in [0.4, 0.5) is 23.0 Å². The first-order valence-electron chi connectivity index (χ1n) is 16.5. The minimum absolute atomic E-state index is 0. The molecule has 254 valence electrons. The molecule has 0 atom stereocenters. The Bertz CT molecular complexity index is 2350. The number of hydrogen-bond acceptors (Lipinski definition) is 6. The molecule has 8 heteroatoms. The molecule has 4 aromatic heterocycles. The van der Waals surface area contributed by atoms with Gasteiger partial charge >= 0.3 is 0 Å². The van der Waals surface area contributed by atoms with Crippen molar-refractivity contribution in [2.75, 3.05) is 9.80 Å². The van der Waals surface area contributed by atoms with Gasteiger partial charge in [-0.25, -0.2) is 15.0 Å². The van der Waals surface area contributed by atoms with E-state index < -0.39 is 0 Å². The quantitative estimate of drug-likeness (QED) is 0.161. The summed E-state index contributed by atoms with van der Waals surface area (Å²) >= 11 is 0. The molecule has 1 aliphatic rings. The molecule has 0 unspecified atom stereocenters. The van der Waals surface area contributed by atoms with Gasteiger partial charge < -0.3 is 19.1 Å². The largest absolute Gasteiger partial charge is 0.509 e. The van der Waals surface area contributed by atoms with Gasteiger partial charge in [-0.2, -0.15) is 12.1 Å². The fraction of sp³-hybridized carbons (Fsp3) is 0.190. The molecule has 3 aromatic carbocycles. The van der Waals surface area contributed by atoms with Crippen molar-refractivity contribution in [1.29, 1.82) is 0 Å². The number of rotatable bonds is 5. The molecule has 0 amide bonds. The van der Waals surface area contributed by atoms with E-state index in [1.54, 1.807) is 6.20 Å². The van der Waals surface area contributed by atoms with E-state index in [2.05, 4.69) is 124 Å². The van der Waals surface area contributed by atoms with Crippen LogP contribution in [-0.4, -0.2) is 19.5 Å². The maximum absolute atomic E-state index is 6.48. The number of ether oxygens (including phenoxy) is 1. The monoisotopic (exact) mass is 836 g/mol. The SMILES string of the molecule is CC(C)(C)c1ccnc(N2[CH-]N(c3[c-]c(Oc4[c-]c5c(cc4)c4ccccc4n5-c4cc(C(C)(C)C)ccn4)ccc3)c3cccnc32)c1.[Pt]. The Kier molecular flexibility index (Phi) is 8.51.